The third-order valence-corrected chi connectivity index (χ3v) is 5.35. The van der Waals surface area contributed by atoms with E-state index in [2.05, 4.69) is 27.9 Å². The highest BCUT2D eigenvalue weighted by atomic mass is 127. The molecular formula is C17H17ClINO2. The first-order chi connectivity index (χ1) is 10.4. The second-order valence-electron chi connectivity index (χ2n) is 5.17. The maximum Gasteiger partial charge on any atom is 0.262 e. The highest BCUT2D eigenvalue weighted by molar-refractivity contribution is 14.1. The summed E-state index contributed by atoms with van der Waals surface area (Å²) in [5.41, 5.74) is 4.00. The monoisotopic (exact) mass is 429 g/mol. The minimum absolute atomic E-state index is 0.0366. The molecule has 0 spiro atoms. The Balaban J connectivity index is 1.97. The van der Waals surface area contributed by atoms with E-state index in [1.165, 1.54) is 3.57 Å². The van der Waals surface area contributed by atoms with Crippen molar-refractivity contribution < 1.29 is 9.53 Å². The zero-order chi connectivity index (χ0) is 16.3. The molecule has 0 saturated heterocycles. The molecule has 1 amide bonds. The van der Waals surface area contributed by atoms with Crippen LogP contribution in [0.15, 0.2) is 30.3 Å². The largest absolute Gasteiger partial charge is 0.484 e. The normalized spacial score (nSPS) is 10.4. The van der Waals surface area contributed by atoms with Crippen LogP contribution in [0.25, 0.3) is 0 Å². The molecule has 0 fully saturated rings. The first kappa shape index (κ1) is 17.1. The number of anilines is 1. The van der Waals surface area contributed by atoms with Crippen molar-refractivity contribution in [3.05, 3.63) is 55.6 Å². The van der Waals surface area contributed by atoms with Gasteiger partial charge in [0.2, 0.25) is 0 Å². The van der Waals surface area contributed by atoms with E-state index in [9.17, 15) is 4.79 Å². The second-order valence-corrected chi connectivity index (χ2v) is 6.66. The Kier molecular flexibility index (Phi) is 5.69. The van der Waals surface area contributed by atoms with Crippen molar-refractivity contribution in [2.45, 2.75) is 20.8 Å². The van der Waals surface area contributed by atoms with Crippen molar-refractivity contribution in [3.8, 4) is 5.75 Å². The molecule has 0 aliphatic carbocycles. The van der Waals surface area contributed by atoms with E-state index >= 15 is 0 Å². The van der Waals surface area contributed by atoms with Gasteiger partial charge in [-0.3, -0.25) is 4.79 Å². The molecule has 0 bridgehead atoms. The van der Waals surface area contributed by atoms with Gasteiger partial charge in [0, 0.05) is 14.3 Å². The average Bonchev–Trinajstić information content (AvgIpc) is 2.46. The van der Waals surface area contributed by atoms with E-state index < -0.39 is 0 Å². The Morgan fingerprint density at radius 3 is 2.36 bits per heavy atom. The van der Waals surface area contributed by atoms with Gasteiger partial charge in [-0.15, -0.1) is 0 Å². The van der Waals surface area contributed by atoms with Gasteiger partial charge in [0.25, 0.3) is 5.91 Å². The van der Waals surface area contributed by atoms with Gasteiger partial charge >= 0.3 is 0 Å². The lowest BCUT2D eigenvalue weighted by Crippen LogP contribution is -2.20. The fourth-order valence-electron chi connectivity index (χ4n) is 2.07. The van der Waals surface area contributed by atoms with Gasteiger partial charge in [0.15, 0.2) is 6.61 Å². The molecule has 22 heavy (non-hydrogen) atoms. The standard InChI is InChI=1S/C17H17ClINO2/c1-10-8-14(4-5-15(10)18)22-9-16(21)20-13-6-11(2)17(19)12(3)7-13/h4-8H,9H2,1-3H3,(H,20,21). The number of rotatable bonds is 4. The van der Waals surface area contributed by atoms with Crippen LogP contribution >= 0.6 is 34.2 Å². The summed E-state index contributed by atoms with van der Waals surface area (Å²) >= 11 is 8.26. The summed E-state index contributed by atoms with van der Waals surface area (Å²) in [7, 11) is 0. The van der Waals surface area contributed by atoms with Crippen molar-refractivity contribution in [3.63, 3.8) is 0 Å². The second kappa shape index (κ2) is 7.33. The number of amides is 1. The molecule has 2 aromatic rings. The molecule has 0 unspecified atom stereocenters. The van der Waals surface area contributed by atoms with E-state index in [4.69, 9.17) is 16.3 Å². The topological polar surface area (TPSA) is 38.3 Å². The number of hydrogen-bond acceptors (Lipinski definition) is 2. The quantitative estimate of drug-likeness (QED) is 0.703. The Hall–Kier alpha value is -1.27. The fraction of sp³-hybridized carbons (Fsp3) is 0.235. The molecular weight excluding hydrogens is 413 g/mol. The molecule has 3 nitrogen and oxygen atoms in total. The summed E-state index contributed by atoms with van der Waals surface area (Å²) in [6, 6.07) is 9.24. The van der Waals surface area contributed by atoms with Crippen LogP contribution in [0.4, 0.5) is 5.69 Å². The van der Waals surface area contributed by atoms with Crippen molar-refractivity contribution in [2.75, 3.05) is 11.9 Å². The third-order valence-electron chi connectivity index (χ3n) is 3.22. The van der Waals surface area contributed by atoms with Gasteiger partial charge in [-0.05, 0) is 90.4 Å². The summed E-state index contributed by atoms with van der Waals surface area (Å²) < 4.78 is 6.70. The predicted molar refractivity (Wildman–Crippen MR) is 98.9 cm³/mol. The number of hydrogen-bond donors (Lipinski definition) is 1. The zero-order valence-corrected chi connectivity index (χ0v) is 15.6. The summed E-state index contributed by atoms with van der Waals surface area (Å²) in [6.45, 7) is 5.91. The van der Waals surface area contributed by atoms with E-state index in [1.54, 1.807) is 12.1 Å². The van der Waals surface area contributed by atoms with Gasteiger partial charge in [-0.1, -0.05) is 11.6 Å². The minimum Gasteiger partial charge on any atom is -0.484 e. The van der Waals surface area contributed by atoms with E-state index in [0.717, 1.165) is 22.4 Å². The number of halogens is 2. The summed E-state index contributed by atoms with van der Waals surface area (Å²) in [5.74, 6) is 0.444. The number of ether oxygens (including phenoxy) is 1. The highest BCUT2D eigenvalue weighted by Crippen LogP contribution is 2.22. The molecule has 1 N–H and O–H groups in total. The molecule has 0 aromatic heterocycles. The SMILES string of the molecule is Cc1cc(OCC(=O)Nc2cc(C)c(I)c(C)c2)ccc1Cl. The first-order valence-electron chi connectivity index (χ1n) is 6.82. The molecule has 5 heteroatoms. The third kappa shape index (κ3) is 4.36. The minimum atomic E-state index is -0.187. The van der Waals surface area contributed by atoms with Crippen LogP contribution in [0.5, 0.6) is 5.75 Å². The maximum atomic E-state index is 12.0. The molecule has 0 saturated carbocycles. The molecule has 116 valence electrons. The van der Waals surface area contributed by atoms with Gasteiger partial charge in [-0.2, -0.15) is 0 Å². The average molecular weight is 430 g/mol. The highest BCUT2D eigenvalue weighted by Gasteiger charge is 2.07. The van der Waals surface area contributed by atoms with Crippen LogP contribution in [0.2, 0.25) is 5.02 Å². The molecule has 0 aliphatic rings. The van der Waals surface area contributed by atoms with Crippen LogP contribution < -0.4 is 10.1 Å². The van der Waals surface area contributed by atoms with Crippen LogP contribution in [0, 0.1) is 24.3 Å². The van der Waals surface area contributed by atoms with Crippen molar-refractivity contribution in [1.29, 1.82) is 0 Å². The molecule has 0 heterocycles. The molecule has 2 aromatic carbocycles. The van der Waals surface area contributed by atoms with Gasteiger partial charge in [0.1, 0.15) is 5.75 Å². The van der Waals surface area contributed by atoms with Crippen molar-refractivity contribution in [2.24, 2.45) is 0 Å². The number of carbonyl (C=O) groups is 1. The van der Waals surface area contributed by atoms with Crippen molar-refractivity contribution >= 4 is 45.8 Å². The van der Waals surface area contributed by atoms with Crippen LogP contribution in [0.1, 0.15) is 16.7 Å². The van der Waals surface area contributed by atoms with E-state index in [-0.39, 0.29) is 12.5 Å². The van der Waals surface area contributed by atoms with Gasteiger partial charge in [-0.25, -0.2) is 0 Å². The van der Waals surface area contributed by atoms with Crippen LogP contribution in [-0.4, -0.2) is 12.5 Å². The zero-order valence-electron chi connectivity index (χ0n) is 12.7. The smallest absolute Gasteiger partial charge is 0.262 e. The lowest BCUT2D eigenvalue weighted by Gasteiger charge is -2.11. The molecule has 0 radical (unpaired) electrons. The maximum absolute atomic E-state index is 12.0. The number of benzene rings is 2. The summed E-state index contributed by atoms with van der Waals surface area (Å²) in [5, 5.41) is 3.54. The van der Waals surface area contributed by atoms with E-state index in [1.807, 2.05) is 39.0 Å². The Bertz CT molecular complexity index is 693. The Morgan fingerprint density at radius 2 is 1.77 bits per heavy atom. The van der Waals surface area contributed by atoms with Gasteiger partial charge < -0.3 is 10.1 Å². The Labute approximate surface area is 149 Å². The molecule has 2 rings (SSSR count). The number of aryl methyl sites for hydroxylation is 3. The number of carbonyl (C=O) groups excluding carboxylic acids is 1. The molecule has 0 aliphatic heterocycles. The van der Waals surface area contributed by atoms with Crippen molar-refractivity contribution in [1.82, 2.24) is 0 Å². The lowest BCUT2D eigenvalue weighted by atomic mass is 10.1. The van der Waals surface area contributed by atoms with Crippen LogP contribution in [-0.2, 0) is 4.79 Å². The lowest BCUT2D eigenvalue weighted by molar-refractivity contribution is -0.118. The summed E-state index contributed by atoms with van der Waals surface area (Å²) in [6.07, 6.45) is 0. The first-order valence-corrected chi connectivity index (χ1v) is 8.28. The predicted octanol–water partition coefficient (Wildman–Crippen LogP) is 4.89. The Morgan fingerprint density at radius 1 is 1.14 bits per heavy atom. The van der Waals surface area contributed by atoms with E-state index in [0.29, 0.717) is 10.8 Å². The number of nitrogens with one attached hydrogen (secondary N) is 1. The van der Waals surface area contributed by atoms with Gasteiger partial charge in [0.05, 0.1) is 0 Å². The van der Waals surface area contributed by atoms with Crippen LogP contribution in [0.3, 0.4) is 0 Å². The molecule has 0 atom stereocenters. The summed E-state index contributed by atoms with van der Waals surface area (Å²) in [4.78, 5) is 12.0. The fourth-order valence-corrected chi connectivity index (χ4v) is 2.50.